The van der Waals surface area contributed by atoms with Gasteiger partial charge in [0, 0.05) is 18.2 Å². The molecule has 1 aromatic rings. The van der Waals surface area contributed by atoms with Crippen LogP contribution in [0.3, 0.4) is 0 Å². The zero-order chi connectivity index (χ0) is 20.9. The van der Waals surface area contributed by atoms with Gasteiger partial charge in [0.15, 0.2) is 0 Å². The van der Waals surface area contributed by atoms with Gasteiger partial charge in [0.1, 0.15) is 10.6 Å². The molecule has 1 saturated heterocycles. The summed E-state index contributed by atoms with van der Waals surface area (Å²) in [6, 6.07) is 4.70. The van der Waals surface area contributed by atoms with Crippen LogP contribution in [0.25, 0.3) is 0 Å². The lowest BCUT2D eigenvalue weighted by Gasteiger charge is -2.38. The Morgan fingerprint density at radius 3 is 2.46 bits per heavy atom. The van der Waals surface area contributed by atoms with Crippen LogP contribution in [0.1, 0.15) is 44.0 Å². The van der Waals surface area contributed by atoms with E-state index in [0.717, 1.165) is 19.0 Å². The van der Waals surface area contributed by atoms with Crippen LogP contribution in [0.2, 0.25) is 0 Å². The Morgan fingerprint density at radius 1 is 1.29 bits per heavy atom. The van der Waals surface area contributed by atoms with Crippen molar-refractivity contribution in [1.82, 2.24) is 14.9 Å². The molecule has 0 aromatic heterocycles. The number of hydrogen-bond donors (Lipinski definition) is 2. The first kappa shape index (κ1) is 22.6. The highest BCUT2D eigenvalue weighted by Gasteiger charge is 2.26. The third-order valence-electron chi connectivity index (χ3n) is 5.51. The summed E-state index contributed by atoms with van der Waals surface area (Å²) >= 11 is 0. The van der Waals surface area contributed by atoms with Crippen LogP contribution in [-0.4, -0.2) is 59.1 Å². The van der Waals surface area contributed by atoms with Gasteiger partial charge in [0.2, 0.25) is 10.0 Å². The molecule has 1 fully saturated rings. The first-order valence-corrected chi connectivity index (χ1v) is 11.3. The van der Waals surface area contributed by atoms with Crippen LogP contribution in [0.4, 0.5) is 0 Å². The van der Waals surface area contributed by atoms with E-state index < -0.39 is 10.0 Å². The molecule has 1 amide bonds. The Morgan fingerprint density at radius 2 is 1.93 bits per heavy atom. The Labute approximate surface area is 168 Å². The summed E-state index contributed by atoms with van der Waals surface area (Å²) in [6.45, 7) is 9.24. The van der Waals surface area contributed by atoms with Crippen LogP contribution in [0.5, 0.6) is 5.75 Å². The van der Waals surface area contributed by atoms with Crippen molar-refractivity contribution in [2.24, 2.45) is 11.8 Å². The normalized spacial score (nSPS) is 17.5. The highest BCUT2D eigenvalue weighted by atomic mass is 32.2. The first-order valence-electron chi connectivity index (χ1n) is 9.83. The van der Waals surface area contributed by atoms with Crippen molar-refractivity contribution in [2.45, 2.75) is 44.6 Å². The number of methoxy groups -OCH3 is 1. The maximum absolute atomic E-state index is 12.7. The molecule has 0 bridgehead atoms. The van der Waals surface area contributed by atoms with Gasteiger partial charge in [0.05, 0.1) is 7.11 Å². The van der Waals surface area contributed by atoms with Crippen LogP contribution < -0.4 is 14.8 Å². The number of piperidine rings is 1. The number of carbonyl (C=O) groups is 1. The minimum Gasteiger partial charge on any atom is -0.495 e. The number of likely N-dealkylation sites (tertiary alicyclic amines) is 1. The summed E-state index contributed by atoms with van der Waals surface area (Å²) in [5, 5.41) is 2.99. The second kappa shape index (κ2) is 9.71. The first-order chi connectivity index (χ1) is 13.2. The Bertz CT molecular complexity index is 772. The molecule has 0 aliphatic carbocycles. The molecule has 158 valence electrons. The van der Waals surface area contributed by atoms with E-state index in [1.54, 1.807) is 6.07 Å². The zero-order valence-corrected chi connectivity index (χ0v) is 18.3. The number of nitrogens with one attached hydrogen (secondary N) is 2. The van der Waals surface area contributed by atoms with Gasteiger partial charge >= 0.3 is 0 Å². The Balaban J connectivity index is 2.12. The number of ether oxygens (including phenoxy) is 1. The van der Waals surface area contributed by atoms with Gasteiger partial charge in [-0.15, -0.1) is 0 Å². The van der Waals surface area contributed by atoms with Crippen molar-refractivity contribution in [3.05, 3.63) is 23.8 Å². The van der Waals surface area contributed by atoms with Crippen molar-refractivity contribution in [3.63, 3.8) is 0 Å². The molecule has 1 heterocycles. The van der Waals surface area contributed by atoms with Crippen molar-refractivity contribution >= 4 is 15.9 Å². The molecule has 7 nitrogen and oxygen atoms in total. The minimum atomic E-state index is -3.73. The molecule has 0 saturated carbocycles. The molecular weight excluding hydrogens is 378 g/mol. The fourth-order valence-corrected chi connectivity index (χ4v) is 4.50. The zero-order valence-electron chi connectivity index (χ0n) is 17.5. The molecule has 1 aliphatic heterocycles. The average Bonchev–Trinajstić information content (AvgIpc) is 2.68. The Kier molecular flexibility index (Phi) is 7.86. The largest absolute Gasteiger partial charge is 0.495 e. The molecule has 2 N–H and O–H groups in total. The van der Waals surface area contributed by atoms with E-state index >= 15 is 0 Å². The Hall–Kier alpha value is -1.64. The molecule has 1 atom stereocenters. The molecule has 28 heavy (non-hydrogen) atoms. The van der Waals surface area contributed by atoms with Crippen molar-refractivity contribution in [2.75, 3.05) is 33.8 Å². The molecule has 1 aliphatic rings. The van der Waals surface area contributed by atoms with E-state index in [4.69, 9.17) is 4.74 Å². The van der Waals surface area contributed by atoms with Gasteiger partial charge < -0.3 is 10.1 Å². The maximum Gasteiger partial charge on any atom is 0.251 e. The van der Waals surface area contributed by atoms with E-state index in [0.29, 0.717) is 18.0 Å². The van der Waals surface area contributed by atoms with Gasteiger partial charge in [-0.1, -0.05) is 20.8 Å². The van der Waals surface area contributed by atoms with E-state index in [1.165, 1.54) is 39.1 Å². The highest BCUT2D eigenvalue weighted by Crippen LogP contribution is 2.25. The lowest BCUT2D eigenvalue weighted by atomic mass is 9.94. The summed E-state index contributed by atoms with van der Waals surface area (Å²) in [5.41, 5.74) is 0.296. The third kappa shape index (κ3) is 5.46. The summed E-state index contributed by atoms with van der Waals surface area (Å²) in [4.78, 5) is 15.1. The number of benzene rings is 1. The van der Waals surface area contributed by atoms with Crippen LogP contribution in [0.15, 0.2) is 23.1 Å². The SMILES string of the molecule is CNS(=O)(=O)c1cc(C(=O)NCC(C(C)C)N2CCC(C)CC2)ccc1OC. The van der Waals surface area contributed by atoms with Gasteiger partial charge in [0.25, 0.3) is 5.91 Å². The van der Waals surface area contributed by atoms with Crippen LogP contribution >= 0.6 is 0 Å². The number of rotatable bonds is 8. The van der Waals surface area contributed by atoms with Crippen LogP contribution in [0, 0.1) is 11.8 Å². The predicted molar refractivity (Wildman–Crippen MR) is 110 cm³/mol. The molecule has 1 unspecified atom stereocenters. The monoisotopic (exact) mass is 411 g/mol. The molecule has 0 radical (unpaired) electrons. The molecule has 8 heteroatoms. The van der Waals surface area contributed by atoms with Gasteiger partial charge in [-0.2, -0.15) is 0 Å². The van der Waals surface area contributed by atoms with Gasteiger partial charge in [-0.25, -0.2) is 13.1 Å². The molecule has 0 spiro atoms. The van der Waals surface area contributed by atoms with Crippen molar-refractivity contribution in [3.8, 4) is 5.75 Å². The summed E-state index contributed by atoms with van der Waals surface area (Å²) < 4.78 is 31.8. The predicted octanol–water partition coefficient (Wildman–Crippen LogP) is 2.09. The van der Waals surface area contributed by atoms with Gasteiger partial charge in [-0.05, 0) is 63.0 Å². The molecule has 1 aromatic carbocycles. The smallest absolute Gasteiger partial charge is 0.251 e. The number of carbonyl (C=O) groups excluding carboxylic acids is 1. The molecule has 2 rings (SSSR count). The minimum absolute atomic E-state index is 0.0458. The van der Waals surface area contributed by atoms with Gasteiger partial charge in [-0.3, -0.25) is 9.69 Å². The number of sulfonamides is 1. The fourth-order valence-electron chi connectivity index (χ4n) is 3.58. The fraction of sp³-hybridized carbons (Fsp3) is 0.650. The quantitative estimate of drug-likeness (QED) is 0.684. The lowest BCUT2D eigenvalue weighted by Crippen LogP contribution is -2.49. The van der Waals surface area contributed by atoms with Crippen LogP contribution in [-0.2, 0) is 10.0 Å². The summed E-state index contributed by atoms with van der Waals surface area (Å²) in [7, 11) is -1.00. The van der Waals surface area contributed by atoms with E-state index in [-0.39, 0.29) is 22.6 Å². The number of nitrogens with zero attached hydrogens (tertiary/aromatic N) is 1. The third-order valence-corrected chi connectivity index (χ3v) is 6.95. The summed E-state index contributed by atoms with van der Waals surface area (Å²) in [6.07, 6.45) is 2.36. The summed E-state index contributed by atoms with van der Waals surface area (Å²) in [5.74, 6) is 1.08. The number of hydrogen-bond acceptors (Lipinski definition) is 5. The van der Waals surface area contributed by atoms with Crippen molar-refractivity contribution < 1.29 is 17.9 Å². The number of amides is 1. The second-order valence-electron chi connectivity index (χ2n) is 7.81. The second-order valence-corrected chi connectivity index (χ2v) is 9.67. The maximum atomic E-state index is 12.7. The van der Waals surface area contributed by atoms with E-state index in [1.807, 2.05) is 0 Å². The standard InChI is InChI=1S/C20H33N3O4S/c1-14(2)17(23-10-8-15(3)9-11-23)13-22-20(24)16-6-7-18(27-5)19(12-16)28(25,26)21-4/h6-7,12,14-15,17,21H,8-11,13H2,1-5H3,(H,22,24). The van der Waals surface area contributed by atoms with E-state index in [2.05, 4.69) is 35.7 Å². The lowest BCUT2D eigenvalue weighted by molar-refractivity contribution is 0.0863. The average molecular weight is 412 g/mol. The molecular formula is C20H33N3O4S. The van der Waals surface area contributed by atoms with Crippen molar-refractivity contribution in [1.29, 1.82) is 0 Å². The topological polar surface area (TPSA) is 87.7 Å². The van der Waals surface area contributed by atoms with E-state index in [9.17, 15) is 13.2 Å². The highest BCUT2D eigenvalue weighted by molar-refractivity contribution is 7.89.